The fraction of sp³-hybridized carbons (Fsp3) is 0.111. The van der Waals surface area contributed by atoms with Gasteiger partial charge in [0.25, 0.3) is 0 Å². The van der Waals surface area contributed by atoms with Crippen molar-refractivity contribution in [2.24, 2.45) is 0 Å². The van der Waals surface area contributed by atoms with E-state index in [1.54, 1.807) is 12.1 Å². The molecule has 0 amide bonds. The molecule has 0 N–H and O–H groups in total. The first-order chi connectivity index (χ1) is 12.0. The first-order valence-electron chi connectivity index (χ1n) is 7.37. The van der Waals surface area contributed by atoms with E-state index in [0.717, 1.165) is 21.4 Å². The predicted molar refractivity (Wildman–Crippen MR) is 95.8 cm³/mol. The van der Waals surface area contributed by atoms with Gasteiger partial charge in [0, 0.05) is 17.2 Å². The van der Waals surface area contributed by atoms with E-state index >= 15 is 0 Å². The average Bonchev–Trinajstić information content (AvgIpc) is 2.60. The van der Waals surface area contributed by atoms with Crippen molar-refractivity contribution in [1.29, 1.82) is 0 Å². The van der Waals surface area contributed by atoms with Crippen LogP contribution in [0.15, 0.2) is 53.3 Å². The summed E-state index contributed by atoms with van der Waals surface area (Å²) in [7, 11) is 1.34. The zero-order valence-electron chi connectivity index (χ0n) is 13.2. The van der Waals surface area contributed by atoms with Crippen LogP contribution in [0.2, 0.25) is 0 Å². The molecule has 0 spiro atoms. The van der Waals surface area contributed by atoms with Crippen LogP contribution in [0.4, 0.5) is 5.69 Å². The largest absolute Gasteiger partial charge is 0.490 e. The maximum absolute atomic E-state index is 12.5. The minimum atomic E-state index is -0.566. The average molecular weight is 355 g/mol. The summed E-state index contributed by atoms with van der Waals surface area (Å²) >= 11 is 1.02. The molecule has 0 bridgehead atoms. The van der Waals surface area contributed by atoms with E-state index in [9.17, 15) is 19.7 Å². The monoisotopic (exact) mass is 355 g/mol. The molecule has 1 heterocycles. The number of rotatable bonds is 5. The van der Waals surface area contributed by atoms with Crippen molar-refractivity contribution in [3.05, 3.63) is 79.3 Å². The Balaban J connectivity index is 1.95. The highest BCUT2D eigenvalue weighted by atomic mass is 32.1. The molecular formula is C18H13NO5S. The summed E-state index contributed by atoms with van der Waals surface area (Å²) in [4.78, 5) is 35.2. The van der Waals surface area contributed by atoms with Crippen molar-refractivity contribution in [1.82, 2.24) is 0 Å². The van der Waals surface area contributed by atoms with Gasteiger partial charge >= 0.3 is 5.69 Å². The van der Waals surface area contributed by atoms with Gasteiger partial charge < -0.3 is 4.74 Å². The van der Waals surface area contributed by atoms with Crippen molar-refractivity contribution >= 4 is 32.9 Å². The van der Waals surface area contributed by atoms with Crippen LogP contribution < -0.4 is 9.48 Å². The number of fused-ring (bicyclic) bond motifs is 1. The number of hydrogen-bond acceptors (Lipinski definition) is 6. The van der Waals surface area contributed by atoms with Crippen molar-refractivity contribution in [2.75, 3.05) is 7.11 Å². The zero-order chi connectivity index (χ0) is 18.0. The summed E-state index contributed by atoms with van der Waals surface area (Å²) < 4.78 is 5.44. The molecule has 7 heteroatoms. The van der Waals surface area contributed by atoms with Crippen molar-refractivity contribution in [3.63, 3.8) is 0 Å². The highest BCUT2D eigenvalue weighted by molar-refractivity contribution is 7.16. The lowest BCUT2D eigenvalue weighted by molar-refractivity contribution is -0.385. The van der Waals surface area contributed by atoms with Crippen LogP contribution in [0.5, 0.6) is 5.75 Å². The second-order valence-electron chi connectivity index (χ2n) is 5.35. The molecule has 0 fully saturated rings. The smallest absolute Gasteiger partial charge is 0.311 e. The number of ketones is 1. The minimum Gasteiger partial charge on any atom is -0.490 e. The highest BCUT2D eigenvalue weighted by Crippen LogP contribution is 2.28. The standard InChI is InChI=1S/C18H13NO5S/c1-24-16-7-6-11(8-14(16)19(22)23)9-15(20)13-10-12-4-2-3-5-17(12)25-18(13)21/h2-8,10H,9H2,1H3. The van der Waals surface area contributed by atoms with E-state index in [0.29, 0.717) is 5.56 Å². The zero-order valence-corrected chi connectivity index (χ0v) is 14.0. The maximum atomic E-state index is 12.5. The van der Waals surface area contributed by atoms with Gasteiger partial charge in [-0.3, -0.25) is 19.7 Å². The number of carbonyl (C=O) groups excluding carboxylic acids is 1. The number of nitro benzene ring substituents is 1. The molecule has 3 aromatic rings. The van der Waals surface area contributed by atoms with Gasteiger partial charge in [-0.15, -0.1) is 0 Å². The van der Waals surface area contributed by atoms with Crippen LogP contribution in [0.25, 0.3) is 10.1 Å². The van der Waals surface area contributed by atoms with Crippen LogP contribution in [-0.4, -0.2) is 17.8 Å². The third-order valence-corrected chi connectivity index (χ3v) is 4.74. The number of nitro groups is 1. The summed E-state index contributed by atoms with van der Waals surface area (Å²) in [5.74, 6) is -0.245. The van der Waals surface area contributed by atoms with Gasteiger partial charge in [0.05, 0.1) is 17.6 Å². The lowest BCUT2D eigenvalue weighted by Crippen LogP contribution is -2.14. The Labute approximate surface area is 146 Å². The van der Waals surface area contributed by atoms with Crippen LogP contribution in [-0.2, 0) is 6.42 Å². The third kappa shape index (κ3) is 3.41. The number of ether oxygens (including phenoxy) is 1. The molecule has 0 atom stereocenters. The molecule has 0 radical (unpaired) electrons. The van der Waals surface area contributed by atoms with E-state index < -0.39 is 4.92 Å². The molecule has 25 heavy (non-hydrogen) atoms. The van der Waals surface area contributed by atoms with Crippen molar-refractivity contribution in [2.45, 2.75) is 6.42 Å². The Hall–Kier alpha value is -3.06. The molecule has 3 rings (SSSR count). The Bertz CT molecular complexity index is 1040. The highest BCUT2D eigenvalue weighted by Gasteiger charge is 2.18. The van der Waals surface area contributed by atoms with Gasteiger partial charge in [-0.05, 0) is 29.1 Å². The first kappa shape index (κ1) is 16.8. The summed E-state index contributed by atoms with van der Waals surface area (Å²) in [6.45, 7) is 0. The van der Waals surface area contributed by atoms with Crippen LogP contribution in [0.1, 0.15) is 15.9 Å². The number of nitrogens with zero attached hydrogens (tertiary/aromatic N) is 1. The SMILES string of the molecule is COc1ccc(CC(=O)c2cc3ccccc3sc2=O)cc1[N+](=O)[O-]. The van der Waals surface area contributed by atoms with E-state index in [1.165, 1.54) is 19.2 Å². The summed E-state index contributed by atoms with van der Waals surface area (Å²) in [6.07, 6.45) is -0.0921. The fourth-order valence-corrected chi connectivity index (χ4v) is 3.40. The topological polar surface area (TPSA) is 86.5 Å². The van der Waals surface area contributed by atoms with Crippen LogP contribution in [0, 0.1) is 10.1 Å². The number of Topliss-reactive ketones (excluding diaryl/α,β-unsaturated/α-hetero) is 1. The number of hydrogen-bond donors (Lipinski definition) is 0. The lowest BCUT2D eigenvalue weighted by Gasteiger charge is -2.05. The predicted octanol–water partition coefficient (Wildman–Crippen LogP) is 3.60. The summed E-state index contributed by atoms with van der Waals surface area (Å²) in [6, 6.07) is 13.2. The van der Waals surface area contributed by atoms with Gasteiger partial charge in [0.1, 0.15) is 0 Å². The molecule has 0 aliphatic carbocycles. The van der Waals surface area contributed by atoms with E-state index in [1.807, 2.05) is 24.3 Å². The van der Waals surface area contributed by atoms with E-state index in [-0.39, 0.29) is 33.9 Å². The fourth-order valence-electron chi connectivity index (χ4n) is 2.53. The molecule has 0 aliphatic rings. The van der Waals surface area contributed by atoms with Gasteiger partial charge in [0.2, 0.25) is 4.74 Å². The molecule has 0 unspecified atom stereocenters. The Morgan fingerprint density at radius 1 is 1.20 bits per heavy atom. The number of benzene rings is 2. The van der Waals surface area contributed by atoms with Gasteiger partial charge in [-0.25, -0.2) is 0 Å². The molecule has 6 nitrogen and oxygen atoms in total. The van der Waals surface area contributed by atoms with Crippen LogP contribution in [0.3, 0.4) is 0 Å². The molecule has 1 aromatic heterocycles. The van der Waals surface area contributed by atoms with Crippen LogP contribution >= 0.6 is 11.3 Å². The Kier molecular flexibility index (Phi) is 4.58. The number of carbonyl (C=O) groups is 1. The van der Waals surface area contributed by atoms with Gasteiger partial charge in [-0.1, -0.05) is 35.6 Å². The summed E-state index contributed by atoms with van der Waals surface area (Å²) in [5.41, 5.74) is 0.341. The molecule has 126 valence electrons. The van der Waals surface area contributed by atoms with E-state index in [4.69, 9.17) is 4.74 Å². The second kappa shape index (κ2) is 6.82. The molecule has 2 aromatic carbocycles. The third-order valence-electron chi connectivity index (χ3n) is 3.75. The minimum absolute atomic E-state index is 0.0921. The number of methoxy groups -OCH3 is 1. The summed E-state index contributed by atoms with van der Waals surface area (Å²) in [5, 5.41) is 11.9. The molecule has 0 saturated carbocycles. The van der Waals surface area contributed by atoms with E-state index in [2.05, 4.69) is 0 Å². The van der Waals surface area contributed by atoms with Gasteiger partial charge in [-0.2, -0.15) is 0 Å². The van der Waals surface area contributed by atoms with Crippen molar-refractivity contribution < 1.29 is 14.5 Å². The quantitative estimate of drug-likeness (QED) is 0.396. The maximum Gasteiger partial charge on any atom is 0.311 e. The molecule has 0 aliphatic heterocycles. The molecule has 0 saturated heterocycles. The Morgan fingerprint density at radius 2 is 1.96 bits per heavy atom. The lowest BCUT2D eigenvalue weighted by atomic mass is 10.0. The normalized spacial score (nSPS) is 10.6. The second-order valence-corrected chi connectivity index (χ2v) is 6.36. The van der Waals surface area contributed by atoms with Crippen molar-refractivity contribution in [3.8, 4) is 5.75 Å². The molecular weight excluding hydrogens is 342 g/mol. The Morgan fingerprint density at radius 3 is 2.68 bits per heavy atom. The van der Waals surface area contributed by atoms with Gasteiger partial charge in [0.15, 0.2) is 11.5 Å². The first-order valence-corrected chi connectivity index (χ1v) is 8.18.